The summed E-state index contributed by atoms with van der Waals surface area (Å²) in [6, 6.07) is 11.1. The topological polar surface area (TPSA) is 54.6 Å². The Hall–Kier alpha value is -2.92. The summed E-state index contributed by atoms with van der Waals surface area (Å²) in [5.41, 5.74) is 3.99. The summed E-state index contributed by atoms with van der Waals surface area (Å²) < 4.78 is 10.5. The molecule has 2 aromatic carbocycles. The van der Waals surface area contributed by atoms with Crippen molar-refractivity contribution in [2.75, 3.05) is 27.3 Å². The lowest BCUT2D eigenvalue weighted by atomic mass is 9.98. The quantitative estimate of drug-likeness (QED) is 0.691. The third-order valence-electron chi connectivity index (χ3n) is 5.08. The van der Waals surface area contributed by atoms with Gasteiger partial charge in [0.05, 0.1) is 14.2 Å². The number of aromatic nitrogens is 1. The number of carbonyl (C=O) groups excluding carboxylic acids is 1. The number of nitrogens with zero attached hydrogens (tertiary/aromatic N) is 1. The minimum Gasteiger partial charge on any atom is -0.497 e. The van der Waals surface area contributed by atoms with Gasteiger partial charge >= 0.3 is 0 Å². The van der Waals surface area contributed by atoms with Crippen LogP contribution in [-0.2, 0) is 0 Å². The molecule has 1 aliphatic heterocycles. The van der Waals surface area contributed by atoms with Crippen molar-refractivity contribution in [1.29, 1.82) is 0 Å². The third-order valence-corrected chi connectivity index (χ3v) is 5.32. The van der Waals surface area contributed by atoms with Crippen LogP contribution in [0.1, 0.15) is 22.3 Å². The van der Waals surface area contributed by atoms with Gasteiger partial charge in [-0.25, -0.2) is 0 Å². The van der Waals surface area contributed by atoms with Crippen LogP contribution < -0.4 is 9.47 Å². The van der Waals surface area contributed by atoms with Gasteiger partial charge in [-0.05, 0) is 36.3 Å². The van der Waals surface area contributed by atoms with Crippen LogP contribution in [0.4, 0.5) is 0 Å². The van der Waals surface area contributed by atoms with Crippen molar-refractivity contribution in [3.63, 3.8) is 0 Å². The number of benzene rings is 2. The number of H-pyrrole nitrogens is 1. The molecule has 3 aromatic rings. The second kappa shape index (κ2) is 7.60. The first-order chi connectivity index (χ1) is 13.6. The van der Waals surface area contributed by atoms with E-state index in [1.165, 1.54) is 11.1 Å². The monoisotopic (exact) mass is 396 g/mol. The molecule has 1 aliphatic rings. The van der Waals surface area contributed by atoms with Crippen molar-refractivity contribution >= 4 is 34.0 Å². The summed E-state index contributed by atoms with van der Waals surface area (Å²) in [4.78, 5) is 18.1. The molecule has 0 saturated heterocycles. The summed E-state index contributed by atoms with van der Waals surface area (Å²) >= 11 is 6.07. The molecule has 0 radical (unpaired) electrons. The largest absolute Gasteiger partial charge is 0.497 e. The summed E-state index contributed by atoms with van der Waals surface area (Å²) in [7, 11) is 3.15. The summed E-state index contributed by atoms with van der Waals surface area (Å²) in [5.74, 6) is 1.18. The predicted octanol–water partition coefficient (Wildman–Crippen LogP) is 4.77. The fourth-order valence-electron chi connectivity index (χ4n) is 3.58. The van der Waals surface area contributed by atoms with E-state index in [1.54, 1.807) is 32.4 Å². The highest BCUT2D eigenvalue weighted by Gasteiger charge is 2.21. The van der Waals surface area contributed by atoms with Crippen molar-refractivity contribution in [3.05, 3.63) is 64.8 Å². The zero-order valence-corrected chi connectivity index (χ0v) is 16.5. The molecule has 2 heterocycles. The standard InChI is InChI=1S/C22H21ClN2O3/c1-27-17-9-15(10-18(12-17)28-2)22(26)25-7-5-14(6-8-25)20-13-24-21-11-16(23)3-4-19(20)21/h3-5,9-13,24H,6-8H2,1-2H3. The lowest BCUT2D eigenvalue weighted by Gasteiger charge is -2.27. The maximum absolute atomic E-state index is 12.9. The molecule has 0 saturated carbocycles. The van der Waals surface area contributed by atoms with E-state index < -0.39 is 0 Å². The fourth-order valence-corrected chi connectivity index (χ4v) is 3.75. The molecule has 0 atom stereocenters. The van der Waals surface area contributed by atoms with Crippen molar-refractivity contribution in [3.8, 4) is 11.5 Å². The molecule has 6 heteroatoms. The number of rotatable bonds is 4. The molecule has 0 aliphatic carbocycles. The number of ether oxygens (including phenoxy) is 2. The van der Waals surface area contributed by atoms with E-state index in [2.05, 4.69) is 11.1 Å². The van der Waals surface area contributed by atoms with E-state index in [9.17, 15) is 4.79 Å². The summed E-state index contributed by atoms with van der Waals surface area (Å²) in [5, 5.41) is 1.86. The van der Waals surface area contributed by atoms with E-state index in [0.717, 1.165) is 17.3 Å². The van der Waals surface area contributed by atoms with Crippen LogP contribution in [0, 0.1) is 0 Å². The number of carbonyl (C=O) groups is 1. The van der Waals surface area contributed by atoms with E-state index in [1.807, 2.05) is 29.3 Å². The van der Waals surface area contributed by atoms with Crippen LogP contribution in [0.15, 0.2) is 48.7 Å². The Kier molecular flexibility index (Phi) is 5.01. The molecular formula is C22H21ClN2O3. The Morgan fingerprint density at radius 3 is 2.50 bits per heavy atom. The van der Waals surface area contributed by atoms with Crippen LogP contribution in [0.5, 0.6) is 11.5 Å². The highest BCUT2D eigenvalue weighted by molar-refractivity contribution is 6.31. The van der Waals surface area contributed by atoms with E-state index in [0.29, 0.717) is 35.2 Å². The minimum atomic E-state index is -0.0294. The van der Waals surface area contributed by atoms with Crippen molar-refractivity contribution < 1.29 is 14.3 Å². The van der Waals surface area contributed by atoms with Crippen molar-refractivity contribution in [2.24, 2.45) is 0 Å². The van der Waals surface area contributed by atoms with Gasteiger partial charge in [-0.15, -0.1) is 0 Å². The maximum atomic E-state index is 12.9. The normalized spacial score (nSPS) is 14.1. The van der Waals surface area contributed by atoms with Crippen molar-refractivity contribution in [1.82, 2.24) is 9.88 Å². The second-order valence-electron chi connectivity index (χ2n) is 6.72. The zero-order chi connectivity index (χ0) is 19.7. The molecule has 28 heavy (non-hydrogen) atoms. The van der Waals surface area contributed by atoms with Gasteiger partial charge in [0.2, 0.25) is 0 Å². The highest BCUT2D eigenvalue weighted by Crippen LogP contribution is 2.31. The number of aromatic amines is 1. The van der Waals surface area contributed by atoms with Crippen molar-refractivity contribution in [2.45, 2.75) is 6.42 Å². The average Bonchev–Trinajstić information content (AvgIpc) is 3.15. The Bertz CT molecular complexity index is 1050. The zero-order valence-electron chi connectivity index (χ0n) is 15.8. The van der Waals surface area contributed by atoms with Crippen LogP contribution in [0.2, 0.25) is 5.02 Å². The molecule has 5 nitrogen and oxygen atoms in total. The van der Waals surface area contributed by atoms with E-state index in [4.69, 9.17) is 21.1 Å². The molecule has 0 unspecified atom stereocenters. The Labute approximate surface area is 168 Å². The smallest absolute Gasteiger partial charge is 0.254 e. The first-order valence-electron chi connectivity index (χ1n) is 9.07. The number of nitrogens with one attached hydrogen (secondary N) is 1. The number of methoxy groups -OCH3 is 2. The van der Waals surface area contributed by atoms with E-state index in [-0.39, 0.29) is 5.91 Å². The highest BCUT2D eigenvalue weighted by atomic mass is 35.5. The fraction of sp³-hybridized carbons (Fsp3) is 0.227. The summed E-state index contributed by atoms with van der Waals surface area (Å²) in [6.45, 7) is 1.22. The summed E-state index contributed by atoms with van der Waals surface area (Å²) in [6.07, 6.45) is 4.93. The number of fused-ring (bicyclic) bond motifs is 1. The average molecular weight is 397 g/mol. The van der Waals surface area contributed by atoms with Crippen LogP contribution in [-0.4, -0.2) is 43.1 Å². The SMILES string of the molecule is COc1cc(OC)cc(C(=O)N2CC=C(c3c[nH]c4cc(Cl)ccc34)CC2)c1. The molecule has 0 bridgehead atoms. The molecule has 1 aromatic heterocycles. The maximum Gasteiger partial charge on any atom is 0.254 e. The van der Waals surface area contributed by atoms with Crippen LogP contribution >= 0.6 is 11.6 Å². The third kappa shape index (κ3) is 3.45. The minimum absolute atomic E-state index is 0.0294. The Morgan fingerprint density at radius 1 is 1.11 bits per heavy atom. The molecule has 0 fully saturated rings. The first kappa shape index (κ1) is 18.4. The van der Waals surface area contributed by atoms with Gasteiger partial charge in [-0.1, -0.05) is 23.7 Å². The molecule has 0 spiro atoms. The van der Waals surface area contributed by atoms with Crippen LogP contribution in [0.25, 0.3) is 16.5 Å². The van der Waals surface area contributed by atoms with E-state index >= 15 is 0 Å². The van der Waals surface area contributed by atoms with Crippen LogP contribution in [0.3, 0.4) is 0 Å². The Morgan fingerprint density at radius 2 is 1.86 bits per heavy atom. The molecule has 144 valence electrons. The van der Waals surface area contributed by atoms with Gasteiger partial charge in [0, 0.05) is 52.4 Å². The Balaban J connectivity index is 1.56. The second-order valence-corrected chi connectivity index (χ2v) is 7.16. The predicted molar refractivity (Wildman–Crippen MR) is 111 cm³/mol. The lowest BCUT2D eigenvalue weighted by molar-refractivity contribution is 0.0772. The number of hydrogen-bond acceptors (Lipinski definition) is 3. The van der Waals surface area contributed by atoms with Gasteiger partial charge in [-0.2, -0.15) is 0 Å². The molecular weight excluding hydrogens is 376 g/mol. The van der Waals surface area contributed by atoms with Gasteiger partial charge < -0.3 is 19.4 Å². The molecule has 4 rings (SSSR count). The van der Waals surface area contributed by atoms with Gasteiger partial charge in [0.1, 0.15) is 11.5 Å². The number of hydrogen-bond donors (Lipinski definition) is 1. The lowest BCUT2D eigenvalue weighted by Crippen LogP contribution is -2.34. The first-order valence-corrected chi connectivity index (χ1v) is 9.45. The number of amides is 1. The number of halogens is 1. The van der Waals surface area contributed by atoms with Gasteiger partial charge in [-0.3, -0.25) is 4.79 Å². The van der Waals surface area contributed by atoms with Gasteiger partial charge in [0.25, 0.3) is 5.91 Å². The van der Waals surface area contributed by atoms with Gasteiger partial charge in [0.15, 0.2) is 0 Å². The molecule has 1 N–H and O–H groups in total. The molecule has 1 amide bonds.